The molecule has 5 rings (SSSR count). The van der Waals surface area contributed by atoms with Gasteiger partial charge in [-0.2, -0.15) is 0 Å². The van der Waals surface area contributed by atoms with Crippen LogP contribution in [-0.4, -0.2) is 74.6 Å². The van der Waals surface area contributed by atoms with Crippen molar-refractivity contribution in [1.82, 2.24) is 15.0 Å². The van der Waals surface area contributed by atoms with Gasteiger partial charge in [0.15, 0.2) is 17.1 Å². The van der Waals surface area contributed by atoms with Gasteiger partial charge in [0, 0.05) is 43.5 Å². The van der Waals surface area contributed by atoms with Crippen molar-refractivity contribution < 1.29 is 23.1 Å². The predicted octanol–water partition coefficient (Wildman–Crippen LogP) is 4.46. The molecule has 0 N–H and O–H groups in total. The minimum absolute atomic E-state index is 0.293. The van der Waals surface area contributed by atoms with E-state index < -0.39 is 0 Å². The lowest BCUT2D eigenvalue weighted by atomic mass is 9.91. The first-order valence-electron chi connectivity index (χ1n) is 12.6. The molecule has 2 saturated heterocycles. The summed E-state index contributed by atoms with van der Waals surface area (Å²) in [6, 6.07) is 10.9. The van der Waals surface area contributed by atoms with Crippen LogP contribution < -0.4 is 9.47 Å². The van der Waals surface area contributed by atoms with Gasteiger partial charge >= 0.3 is 0 Å². The average Bonchev–Trinajstić information content (AvgIpc) is 3.31. The summed E-state index contributed by atoms with van der Waals surface area (Å²) in [6.07, 6.45) is 3.01. The fourth-order valence-electron chi connectivity index (χ4n) is 5.07. The van der Waals surface area contributed by atoms with Crippen LogP contribution in [0.25, 0.3) is 11.0 Å². The Balaban J connectivity index is 1.06. The highest BCUT2D eigenvalue weighted by Crippen LogP contribution is 2.33. The molecular weight excluding hydrogens is 449 g/mol. The number of halogens is 1. The van der Waals surface area contributed by atoms with Crippen LogP contribution in [0.1, 0.15) is 36.4 Å². The van der Waals surface area contributed by atoms with Gasteiger partial charge in [-0.05, 0) is 62.2 Å². The highest BCUT2D eigenvalue weighted by Gasteiger charge is 2.25. The number of hydrogen-bond acceptors (Lipinski definition) is 7. The van der Waals surface area contributed by atoms with Crippen LogP contribution in [0.3, 0.4) is 0 Å². The van der Waals surface area contributed by atoms with Gasteiger partial charge in [0.05, 0.1) is 32.6 Å². The van der Waals surface area contributed by atoms with Crippen molar-refractivity contribution in [3.05, 3.63) is 53.5 Å². The van der Waals surface area contributed by atoms with Gasteiger partial charge in [0.25, 0.3) is 0 Å². The normalized spacial score (nSPS) is 18.2. The van der Waals surface area contributed by atoms with E-state index in [4.69, 9.17) is 18.7 Å². The maximum Gasteiger partial charge on any atom is 0.170 e. The fourth-order valence-corrected chi connectivity index (χ4v) is 5.07. The van der Waals surface area contributed by atoms with Crippen molar-refractivity contribution in [3.8, 4) is 11.5 Å². The van der Waals surface area contributed by atoms with Crippen molar-refractivity contribution in [1.29, 1.82) is 0 Å². The maximum absolute atomic E-state index is 13.4. The summed E-state index contributed by atoms with van der Waals surface area (Å²) in [4.78, 5) is 4.87. The number of fused-ring (bicyclic) bond motifs is 1. The SMILES string of the molecule is COc1cc(CN2CCOCC2)ccc1OCCCN1CCC(c2noc3cc(F)ccc23)CC1. The van der Waals surface area contributed by atoms with Gasteiger partial charge in [-0.15, -0.1) is 0 Å². The van der Waals surface area contributed by atoms with E-state index in [1.165, 1.54) is 17.7 Å². The molecular formula is C27H34FN3O4. The van der Waals surface area contributed by atoms with E-state index >= 15 is 0 Å². The lowest BCUT2D eigenvalue weighted by molar-refractivity contribution is 0.0341. The van der Waals surface area contributed by atoms with Crippen LogP contribution in [0.15, 0.2) is 40.9 Å². The molecule has 0 amide bonds. The summed E-state index contributed by atoms with van der Waals surface area (Å²) in [5.41, 5.74) is 2.72. The van der Waals surface area contributed by atoms with E-state index in [1.54, 1.807) is 13.2 Å². The van der Waals surface area contributed by atoms with E-state index in [2.05, 4.69) is 27.1 Å². The molecule has 8 heteroatoms. The minimum atomic E-state index is -0.293. The molecule has 0 radical (unpaired) electrons. The number of rotatable bonds is 9. The Morgan fingerprint density at radius 1 is 1.00 bits per heavy atom. The van der Waals surface area contributed by atoms with E-state index in [9.17, 15) is 4.39 Å². The first-order valence-corrected chi connectivity index (χ1v) is 12.6. The zero-order valence-corrected chi connectivity index (χ0v) is 20.4. The van der Waals surface area contributed by atoms with Gasteiger partial charge in [0.1, 0.15) is 5.82 Å². The Kier molecular flexibility index (Phi) is 7.81. The van der Waals surface area contributed by atoms with E-state index in [-0.39, 0.29) is 5.82 Å². The number of piperidine rings is 1. The molecule has 3 heterocycles. The molecule has 0 spiro atoms. The van der Waals surface area contributed by atoms with Crippen molar-refractivity contribution in [2.75, 3.05) is 59.7 Å². The van der Waals surface area contributed by atoms with Crippen molar-refractivity contribution in [2.24, 2.45) is 0 Å². The summed E-state index contributed by atoms with van der Waals surface area (Å²) in [7, 11) is 1.69. The molecule has 1 aromatic heterocycles. The van der Waals surface area contributed by atoms with E-state index in [0.29, 0.717) is 18.1 Å². The van der Waals surface area contributed by atoms with Gasteiger partial charge in [-0.1, -0.05) is 11.2 Å². The quantitative estimate of drug-likeness (QED) is 0.417. The summed E-state index contributed by atoms with van der Waals surface area (Å²) in [6.45, 7) is 8.10. The van der Waals surface area contributed by atoms with Crippen LogP contribution in [-0.2, 0) is 11.3 Å². The number of benzene rings is 2. The molecule has 2 aromatic carbocycles. The lowest BCUT2D eigenvalue weighted by Gasteiger charge is -2.31. The van der Waals surface area contributed by atoms with Gasteiger partial charge in [-0.25, -0.2) is 4.39 Å². The van der Waals surface area contributed by atoms with Gasteiger partial charge in [0.2, 0.25) is 0 Å². The third-order valence-electron chi connectivity index (χ3n) is 7.05. The zero-order valence-electron chi connectivity index (χ0n) is 20.4. The Morgan fingerprint density at radius 3 is 2.63 bits per heavy atom. The second kappa shape index (κ2) is 11.4. The van der Waals surface area contributed by atoms with Crippen LogP contribution in [0.4, 0.5) is 4.39 Å². The zero-order chi connectivity index (χ0) is 24.0. The minimum Gasteiger partial charge on any atom is -0.493 e. The summed E-state index contributed by atoms with van der Waals surface area (Å²) < 4.78 is 35.9. The summed E-state index contributed by atoms with van der Waals surface area (Å²) in [5, 5.41) is 5.18. The molecule has 2 fully saturated rings. The second-order valence-corrected chi connectivity index (χ2v) is 9.40. The molecule has 0 aliphatic carbocycles. The van der Waals surface area contributed by atoms with Crippen molar-refractivity contribution in [2.45, 2.75) is 31.7 Å². The molecule has 0 atom stereocenters. The molecule has 7 nitrogen and oxygen atoms in total. The standard InChI is InChI=1S/C27H34FN3O4/c1-32-26-17-20(19-31-12-15-33-16-13-31)3-6-24(26)34-14-2-9-30-10-7-21(8-11-30)27-23-5-4-22(28)18-25(23)35-29-27/h3-6,17-18,21H,2,7-16,19H2,1H3. The lowest BCUT2D eigenvalue weighted by Crippen LogP contribution is -2.35. The number of hydrogen-bond donors (Lipinski definition) is 0. The second-order valence-electron chi connectivity index (χ2n) is 9.40. The van der Waals surface area contributed by atoms with Gasteiger partial charge < -0.3 is 23.6 Å². The molecule has 0 saturated carbocycles. The average molecular weight is 484 g/mol. The van der Waals surface area contributed by atoms with Crippen LogP contribution in [0, 0.1) is 5.82 Å². The topological polar surface area (TPSA) is 60.2 Å². The van der Waals surface area contributed by atoms with E-state index in [1.807, 2.05) is 6.07 Å². The first kappa shape index (κ1) is 24.0. The Morgan fingerprint density at radius 2 is 1.83 bits per heavy atom. The molecule has 2 aliphatic heterocycles. The smallest absolute Gasteiger partial charge is 0.170 e. The number of likely N-dealkylation sites (tertiary alicyclic amines) is 1. The number of morpholine rings is 1. The Bertz CT molecular complexity index is 1110. The number of ether oxygens (including phenoxy) is 3. The summed E-state index contributed by atoms with van der Waals surface area (Å²) in [5.74, 6) is 1.65. The summed E-state index contributed by atoms with van der Waals surface area (Å²) >= 11 is 0. The highest BCUT2D eigenvalue weighted by molar-refractivity contribution is 5.79. The highest BCUT2D eigenvalue weighted by atomic mass is 19.1. The van der Waals surface area contributed by atoms with Crippen LogP contribution in [0.2, 0.25) is 0 Å². The Labute approximate surface area is 205 Å². The monoisotopic (exact) mass is 483 g/mol. The third-order valence-corrected chi connectivity index (χ3v) is 7.05. The molecule has 188 valence electrons. The molecule has 3 aromatic rings. The van der Waals surface area contributed by atoms with Crippen LogP contribution in [0.5, 0.6) is 11.5 Å². The van der Waals surface area contributed by atoms with Crippen molar-refractivity contribution in [3.63, 3.8) is 0 Å². The molecule has 35 heavy (non-hydrogen) atoms. The van der Waals surface area contributed by atoms with Crippen molar-refractivity contribution >= 4 is 11.0 Å². The predicted molar refractivity (Wildman–Crippen MR) is 132 cm³/mol. The first-order chi connectivity index (χ1) is 17.2. The van der Waals surface area contributed by atoms with Crippen LogP contribution >= 0.6 is 0 Å². The van der Waals surface area contributed by atoms with Gasteiger partial charge in [-0.3, -0.25) is 4.90 Å². The fraction of sp³-hybridized carbons (Fsp3) is 0.519. The Hall–Kier alpha value is -2.68. The molecule has 2 aliphatic rings. The third kappa shape index (κ3) is 5.94. The van der Waals surface area contributed by atoms with E-state index in [0.717, 1.165) is 94.3 Å². The number of nitrogens with zero attached hydrogens (tertiary/aromatic N) is 3. The number of methoxy groups -OCH3 is 1. The molecule has 0 bridgehead atoms. The largest absolute Gasteiger partial charge is 0.493 e. The molecule has 0 unspecified atom stereocenters. The number of aromatic nitrogens is 1. The maximum atomic E-state index is 13.4.